The molecule has 1 saturated heterocycles. The van der Waals surface area contributed by atoms with Crippen LogP contribution in [0.4, 0.5) is 4.79 Å². The Morgan fingerprint density at radius 3 is 2.84 bits per heavy atom. The van der Waals surface area contributed by atoms with Crippen LogP contribution < -0.4 is 11.2 Å². The summed E-state index contributed by atoms with van der Waals surface area (Å²) in [5.41, 5.74) is 2.23. The molecule has 5 heteroatoms. The van der Waals surface area contributed by atoms with E-state index >= 15 is 0 Å². The molecule has 0 aromatic heterocycles. The molecule has 1 aromatic carbocycles. The van der Waals surface area contributed by atoms with Crippen molar-refractivity contribution in [3.8, 4) is 0 Å². The van der Waals surface area contributed by atoms with E-state index in [-0.39, 0.29) is 11.6 Å². The van der Waals surface area contributed by atoms with Gasteiger partial charge in [0.1, 0.15) is 6.61 Å². The summed E-state index contributed by atoms with van der Waals surface area (Å²) in [7, 11) is 0. The van der Waals surface area contributed by atoms with E-state index in [2.05, 4.69) is 22.3 Å². The number of carbonyl (C=O) groups excluding carboxylic acids is 1. The van der Waals surface area contributed by atoms with E-state index < -0.39 is 0 Å². The van der Waals surface area contributed by atoms with Gasteiger partial charge in [0.25, 0.3) is 0 Å². The van der Waals surface area contributed by atoms with Gasteiger partial charge >= 0.3 is 6.09 Å². The highest BCUT2D eigenvalue weighted by Crippen LogP contribution is 2.42. The monoisotopic (exact) mass is 262 g/mol. The Kier molecular flexibility index (Phi) is 3.16. The topological polar surface area (TPSA) is 73.6 Å². The van der Waals surface area contributed by atoms with E-state index in [1.807, 2.05) is 12.1 Å². The molecule has 2 fully saturated rings. The third kappa shape index (κ3) is 2.43. The number of alkyl carbamates (subject to hydrolysis) is 1. The fraction of sp³-hybridized carbons (Fsp3) is 0.500. The average molecular weight is 262 g/mol. The molecule has 19 heavy (non-hydrogen) atoms. The fourth-order valence-corrected chi connectivity index (χ4v) is 3.13. The molecule has 2 atom stereocenters. The lowest BCUT2D eigenvalue weighted by Gasteiger charge is -2.20. The average Bonchev–Trinajstić information content (AvgIpc) is 2.98. The Bertz CT molecular complexity index is 474. The number of hydrogen-bond acceptors (Lipinski definition) is 4. The summed E-state index contributed by atoms with van der Waals surface area (Å²) in [5.74, 6) is 5.54. The molecule has 102 valence electrons. The number of benzene rings is 1. The van der Waals surface area contributed by atoms with Crippen LogP contribution in [0.1, 0.15) is 36.3 Å². The summed E-state index contributed by atoms with van der Waals surface area (Å²) < 4.78 is 5.05. The molecule has 0 radical (unpaired) electrons. The summed E-state index contributed by atoms with van der Waals surface area (Å²) in [6.45, 7) is 0.931. The van der Waals surface area contributed by atoms with Crippen LogP contribution in [0.15, 0.2) is 24.3 Å². The Labute approximate surface area is 112 Å². The zero-order valence-electron chi connectivity index (χ0n) is 10.7. The molecule has 1 aliphatic carbocycles. The van der Waals surface area contributed by atoms with Crippen molar-refractivity contribution in [3.63, 3.8) is 0 Å². The molecule has 1 aliphatic heterocycles. The molecule has 1 heterocycles. The number of nitrogens with two attached hydrogens (primary N) is 1. The van der Waals surface area contributed by atoms with Gasteiger partial charge in [0.15, 0.2) is 0 Å². The molecular formula is C14H18N2O3. The van der Waals surface area contributed by atoms with Crippen LogP contribution in [0.2, 0.25) is 0 Å². The molecule has 2 aliphatic rings. The van der Waals surface area contributed by atoms with Crippen molar-refractivity contribution >= 4 is 6.09 Å². The molecular weight excluding hydrogens is 244 g/mol. The second-order valence-electron chi connectivity index (χ2n) is 5.47. The SMILES string of the molecule is NOCc1ccc(C2CC[C@]3(COC(=O)N3)C2)cc1. The molecule has 3 rings (SSSR count). The largest absolute Gasteiger partial charge is 0.447 e. The molecule has 1 aromatic rings. The highest BCUT2D eigenvalue weighted by Gasteiger charge is 2.45. The predicted molar refractivity (Wildman–Crippen MR) is 69.2 cm³/mol. The van der Waals surface area contributed by atoms with Gasteiger partial charge in [0, 0.05) is 0 Å². The summed E-state index contributed by atoms with van der Waals surface area (Å²) in [4.78, 5) is 15.8. The first-order valence-corrected chi connectivity index (χ1v) is 6.56. The molecule has 0 bridgehead atoms. The third-order valence-electron chi connectivity index (χ3n) is 4.16. The normalized spacial score (nSPS) is 29.5. The van der Waals surface area contributed by atoms with Gasteiger partial charge < -0.3 is 10.1 Å². The van der Waals surface area contributed by atoms with Crippen LogP contribution in [0.25, 0.3) is 0 Å². The van der Waals surface area contributed by atoms with Crippen LogP contribution in [-0.4, -0.2) is 18.2 Å². The number of hydrogen-bond donors (Lipinski definition) is 2. The summed E-state index contributed by atoms with van der Waals surface area (Å²) in [5, 5.41) is 2.96. The third-order valence-corrected chi connectivity index (χ3v) is 4.16. The van der Waals surface area contributed by atoms with Gasteiger partial charge in [-0.3, -0.25) is 4.84 Å². The number of amides is 1. The second-order valence-corrected chi connectivity index (χ2v) is 5.47. The molecule has 3 N–H and O–H groups in total. The fourth-order valence-electron chi connectivity index (χ4n) is 3.13. The molecule has 1 amide bonds. The number of ether oxygens (including phenoxy) is 1. The standard InChI is InChI=1S/C14H18N2O3/c15-19-8-10-1-3-11(4-2-10)12-5-6-14(7-12)9-18-13(17)16-14/h1-4,12H,5-9,15H2,(H,16,17)/t12?,14-/m1/s1. The van der Waals surface area contributed by atoms with E-state index in [1.165, 1.54) is 5.56 Å². The van der Waals surface area contributed by atoms with Crippen LogP contribution in [0.3, 0.4) is 0 Å². The van der Waals surface area contributed by atoms with E-state index in [0.29, 0.717) is 19.1 Å². The minimum absolute atomic E-state index is 0.138. The minimum Gasteiger partial charge on any atom is -0.447 e. The van der Waals surface area contributed by atoms with E-state index in [0.717, 1.165) is 24.8 Å². The lowest BCUT2D eigenvalue weighted by Crippen LogP contribution is -2.40. The van der Waals surface area contributed by atoms with Crippen molar-refractivity contribution in [3.05, 3.63) is 35.4 Å². The lowest BCUT2D eigenvalue weighted by atomic mass is 9.93. The van der Waals surface area contributed by atoms with Crippen molar-refractivity contribution in [2.24, 2.45) is 5.90 Å². The number of nitrogens with one attached hydrogen (secondary N) is 1. The van der Waals surface area contributed by atoms with Gasteiger partial charge in [-0.1, -0.05) is 24.3 Å². The quantitative estimate of drug-likeness (QED) is 0.815. The first kappa shape index (κ1) is 12.4. The van der Waals surface area contributed by atoms with Gasteiger partial charge in [-0.05, 0) is 36.3 Å². The minimum atomic E-state index is -0.281. The highest BCUT2D eigenvalue weighted by atomic mass is 16.6. The van der Waals surface area contributed by atoms with Crippen LogP contribution >= 0.6 is 0 Å². The van der Waals surface area contributed by atoms with E-state index in [4.69, 9.17) is 10.6 Å². The van der Waals surface area contributed by atoms with E-state index in [1.54, 1.807) is 0 Å². The van der Waals surface area contributed by atoms with Crippen LogP contribution in [0, 0.1) is 0 Å². The molecule has 1 saturated carbocycles. The van der Waals surface area contributed by atoms with Gasteiger partial charge in [0.2, 0.25) is 0 Å². The molecule has 1 spiro atoms. The van der Waals surface area contributed by atoms with Gasteiger partial charge in [-0.15, -0.1) is 0 Å². The first-order chi connectivity index (χ1) is 9.21. The summed E-state index contributed by atoms with van der Waals surface area (Å²) >= 11 is 0. The Morgan fingerprint density at radius 2 is 2.21 bits per heavy atom. The van der Waals surface area contributed by atoms with Crippen molar-refractivity contribution in [2.75, 3.05) is 6.61 Å². The lowest BCUT2D eigenvalue weighted by molar-refractivity contribution is 0.124. The van der Waals surface area contributed by atoms with Crippen LogP contribution in [0.5, 0.6) is 0 Å². The van der Waals surface area contributed by atoms with Crippen molar-refractivity contribution in [1.82, 2.24) is 5.32 Å². The number of rotatable bonds is 3. The van der Waals surface area contributed by atoms with Crippen LogP contribution in [-0.2, 0) is 16.2 Å². The summed E-state index contributed by atoms with van der Waals surface area (Å²) in [6.07, 6.45) is 2.73. The van der Waals surface area contributed by atoms with E-state index in [9.17, 15) is 4.79 Å². The Morgan fingerprint density at radius 1 is 1.42 bits per heavy atom. The summed E-state index contributed by atoms with van der Waals surface area (Å²) in [6, 6.07) is 8.32. The first-order valence-electron chi connectivity index (χ1n) is 6.56. The molecule has 5 nitrogen and oxygen atoms in total. The maximum absolute atomic E-state index is 11.2. The zero-order valence-corrected chi connectivity index (χ0v) is 10.7. The number of carbonyl (C=O) groups is 1. The zero-order chi connectivity index (χ0) is 13.3. The smallest absolute Gasteiger partial charge is 0.407 e. The maximum Gasteiger partial charge on any atom is 0.407 e. The van der Waals surface area contributed by atoms with Gasteiger partial charge in [0.05, 0.1) is 12.1 Å². The Balaban J connectivity index is 1.69. The number of cyclic esters (lactones) is 1. The van der Waals surface area contributed by atoms with Crippen molar-refractivity contribution in [2.45, 2.75) is 37.3 Å². The van der Waals surface area contributed by atoms with Gasteiger partial charge in [-0.25, -0.2) is 10.7 Å². The Hall–Kier alpha value is -1.59. The van der Waals surface area contributed by atoms with Crippen molar-refractivity contribution < 1.29 is 14.4 Å². The predicted octanol–water partition coefficient (Wildman–Crippen LogP) is 1.82. The van der Waals surface area contributed by atoms with Crippen molar-refractivity contribution in [1.29, 1.82) is 0 Å². The maximum atomic E-state index is 11.2. The molecule has 1 unspecified atom stereocenters. The van der Waals surface area contributed by atoms with Gasteiger partial charge in [-0.2, -0.15) is 0 Å². The second kappa shape index (κ2) is 4.83. The highest BCUT2D eigenvalue weighted by molar-refractivity contribution is 5.70.